The van der Waals surface area contributed by atoms with Crippen molar-refractivity contribution in [1.29, 1.82) is 0 Å². The van der Waals surface area contributed by atoms with E-state index >= 15 is 0 Å². The number of alkyl halides is 9. The summed E-state index contributed by atoms with van der Waals surface area (Å²) >= 11 is 0. The van der Waals surface area contributed by atoms with E-state index in [9.17, 15) is 53.9 Å². The Labute approximate surface area is 208 Å². The Morgan fingerprint density at radius 1 is 0.622 bits per heavy atom. The van der Waals surface area contributed by atoms with E-state index in [1.165, 1.54) is 0 Å². The van der Waals surface area contributed by atoms with Crippen LogP contribution in [0.3, 0.4) is 0 Å². The zero-order valence-corrected chi connectivity index (χ0v) is 21.0. The first-order valence-corrected chi connectivity index (χ1v) is 11.2. The Kier molecular flexibility index (Phi) is 11.8. The third kappa shape index (κ3) is 8.13. The molecule has 0 aliphatic carbocycles. The van der Waals surface area contributed by atoms with Crippen molar-refractivity contribution in [3.63, 3.8) is 0 Å². The molecule has 0 fully saturated rings. The summed E-state index contributed by atoms with van der Waals surface area (Å²) in [6.45, 7) is 7.00. The predicted octanol–water partition coefficient (Wildman–Crippen LogP) is 6.11. The van der Waals surface area contributed by atoms with Gasteiger partial charge in [-0.1, -0.05) is 27.7 Å². The lowest BCUT2D eigenvalue weighted by molar-refractivity contribution is -0.397. The molecular formula is C22H31F9O6. The summed E-state index contributed by atoms with van der Waals surface area (Å²) in [5.41, 5.74) is -1.19. The molecule has 0 N–H and O–H groups in total. The second kappa shape index (κ2) is 12.5. The van der Waals surface area contributed by atoms with Gasteiger partial charge in [0.25, 0.3) is 0 Å². The van der Waals surface area contributed by atoms with Crippen molar-refractivity contribution >= 4 is 17.9 Å². The van der Waals surface area contributed by atoms with Gasteiger partial charge < -0.3 is 14.2 Å². The molecule has 15 heteroatoms. The third-order valence-corrected chi connectivity index (χ3v) is 6.54. The van der Waals surface area contributed by atoms with Crippen LogP contribution in [0.15, 0.2) is 0 Å². The lowest BCUT2D eigenvalue weighted by Gasteiger charge is -2.41. The second-order valence-electron chi connectivity index (χ2n) is 9.10. The fraction of sp³-hybridized carbons (Fsp3) is 0.864. The van der Waals surface area contributed by atoms with Crippen LogP contribution in [0.1, 0.15) is 66.7 Å². The smallest absolute Gasteiger partial charge is 0.460 e. The van der Waals surface area contributed by atoms with Crippen molar-refractivity contribution in [2.24, 2.45) is 10.8 Å². The fourth-order valence-electron chi connectivity index (χ4n) is 2.94. The molecule has 37 heavy (non-hydrogen) atoms. The zero-order valence-electron chi connectivity index (χ0n) is 21.0. The second-order valence-corrected chi connectivity index (χ2v) is 9.10. The first kappa shape index (κ1) is 34.8. The van der Waals surface area contributed by atoms with Gasteiger partial charge in [-0.15, -0.1) is 0 Å². The Morgan fingerprint density at radius 2 is 1.05 bits per heavy atom. The van der Waals surface area contributed by atoms with E-state index < -0.39 is 73.1 Å². The Morgan fingerprint density at radius 3 is 1.46 bits per heavy atom. The van der Waals surface area contributed by atoms with Crippen molar-refractivity contribution in [3.05, 3.63) is 0 Å². The van der Waals surface area contributed by atoms with Gasteiger partial charge in [0.1, 0.15) is 13.2 Å². The number of esters is 3. The average molecular weight is 562 g/mol. The summed E-state index contributed by atoms with van der Waals surface area (Å²) in [5, 5.41) is 0. The highest BCUT2D eigenvalue weighted by Gasteiger charge is 2.81. The Hall–Kier alpha value is -2.22. The molecule has 0 amide bonds. The van der Waals surface area contributed by atoms with Gasteiger partial charge >= 0.3 is 41.9 Å². The lowest BCUT2D eigenvalue weighted by Crippen LogP contribution is -2.61. The van der Waals surface area contributed by atoms with Gasteiger partial charge in [-0.25, -0.2) is 0 Å². The van der Waals surface area contributed by atoms with Crippen LogP contribution >= 0.6 is 0 Å². The van der Waals surface area contributed by atoms with Crippen LogP contribution in [-0.4, -0.2) is 61.7 Å². The van der Waals surface area contributed by atoms with E-state index in [-0.39, 0.29) is 18.6 Å². The highest BCUT2D eigenvalue weighted by molar-refractivity contribution is 5.78. The molecule has 1 unspecified atom stereocenters. The molecule has 218 valence electrons. The normalized spacial score (nSPS) is 15.1. The van der Waals surface area contributed by atoms with Gasteiger partial charge in [0.05, 0.1) is 31.3 Å². The Balaban J connectivity index is 4.53. The van der Waals surface area contributed by atoms with Crippen LogP contribution in [-0.2, 0) is 28.6 Å². The number of hydrogen-bond donors (Lipinski definition) is 0. The van der Waals surface area contributed by atoms with Crippen LogP contribution in [0.2, 0.25) is 0 Å². The molecule has 0 aliphatic heterocycles. The van der Waals surface area contributed by atoms with Gasteiger partial charge in [0, 0.05) is 0 Å². The minimum atomic E-state index is -7.03. The summed E-state index contributed by atoms with van der Waals surface area (Å²) in [4.78, 5) is 35.6. The molecule has 1 atom stereocenters. The highest BCUT2D eigenvalue weighted by atomic mass is 19.4. The molecular weight excluding hydrogens is 531 g/mol. The molecule has 0 aromatic rings. The monoisotopic (exact) mass is 562 g/mol. The zero-order chi connectivity index (χ0) is 29.5. The van der Waals surface area contributed by atoms with Crippen LogP contribution in [0.25, 0.3) is 0 Å². The number of hydrogen-bond acceptors (Lipinski definition) is 6. The fourth-order valence-corrected chi connectivity index (χ4v) is 2.94. The molecule has 0 saturated carbocycles. The molecule has 0 heterocycles. The van der Waals surface area contributed by atoms with Gasteiger partial charge in [-0.2, -0.15) is 39.5 Å². The minimum Gasteiger partial charge on any atom is -0.465 e. The summed E-state index contributed by atoms with van der Waals surface area (Å²) in [7, 11) is 0. The van der Waals surface area contributed by atoms with Crippen molar-refractivity contribution in [1.82, 2.24) is 0 Å². The molecule has 0 aliphatic rings. The quantitative estimate of drug-likeness (QED) is 0.104. The molecule has 0 spiro atoms. The maximum atomic E-state index is 13.4. The van der Waals surface area contributed by atoms with E-state index in [4.69, 9.17) is 9.47 Å². The van der Waals surface area contributed by atoms with Gasteiger partial charge in [-0.3, -0.25) is 14.4 Å². The van der Waals surface area contributed by atoms with E-state index in [1.54, 1.807) is 6.92 Å². The number of ether oxygens (including phenoxy) is 3. The van der Waals surface area contributed by atoms with E-state index in [2.05, 4.69) is 4.74 Å². The number of carbonyl (C=O) groups is 3. The van der Waals surface area contributed by atoms with Crippen molar-refractivity contribution < 1.29 is 68.1 Å². The molecule has 0 rings (SSSR count). The van der Waals surface area contributed by atoms with Crippen LogP contribution in [0.4, 0.5) is 39.5 Å². The average Bonchev–Trinajstić information content (AvgIpc) is 2.78. The first-order valence-electron chi connectivity index (χ1n) is 11.2. The molecule has 6 nitrogen and oxygen atoms in total. The Bertz CT molecular complexity index is 796. The molecule has 0 radical (unpaired) electrons. The maximum absolute atomic E-state index is 13.4. The third-order valence-electron chi connectivity index (χ3n) is 6.54. The van der Waals surface area contributed by atoms with Crippen molar-refractivity contribution in [2.75, 3.05) is 19.8 Å². The van der Waals surface area contributed by atoms with E-state index in [0.29, 0.717) is 12.8 Å². The predicted molar refractivity (Wildman–Crippen MR) is 110 cm³/mol. The number of halogens is 9. The van der Waals surface area contributed by atoms with Crippen molar-refractivity contribution in [3.8, 4) is 0 Å². The SMILES string of the molecule is CCC(C)(C)C(C)(CC)C(=O)OCCOC(=O)CCC(=O)OCCC(F)(F)C(F)(F)C(F)(F)C(F)(F)F. The molecule has 0 saturated heterocycles. The largest absolute Gasteiger partial charge is 0.465 e. The van der Waals surface area contributed by atoms with E-state index in [1.807, 2.05) is 27.7 Å². The lowest BCUT2D eigenvalue weighted by atomic mass is 9.64. The van der Waals surface area contributed by atoms with Crippen LogP contribution < -0.4 is 0 Å². The summed E-state index contributed by atoms with van der Waals surface area (Å²) in [5.74, 6) is -22.6. The molecule has 0 bridgehead atoms. The van der Waals surface area contributed by atoms with Gasteiger partial charge in [0.15, 0.2) is 0 Å². The summed E-state index contributed by atoms with van der Waals surface area (Å²) in [6, 6.07) is 0. The first-order chi connectivity index (χ1) is 16.5. The van der Waals surface area contributed by atoms with Crippen LogP contribution in [0, 0.1) is 10.8 Å². The molecule has 0 aromatic carbocycles. The topological polar surface area (TPSA) is 78.9 Å². The maximum Gasteiger partial charge on any atom is 0.460 e. The molecule has 0 aromatic heterocycles. The number of rotatable bonds is 15. The van der Waals surface area contributed by atoms with Crippen molar-refractivity contribution in [2.45, 2.75) is 90.7 Å². The summed E-state index contributed by atoms with van der Waals surface area (Å²) in [6.07, 6.45) is -9.56. The standard InChI is InChI=1S/C22H31F9O6/c1-6-17(3,4)18(5,7-2)16(34)37-13-12-36-15(33)9-8-14(32)35-11-10-19(23,24)20(25,26)21(27,28)22(29,30)31/h6-13H2,1-5H3. The minimum absolute atomic E-state index is 0.295. The number of carbonyl (C=O) groups excluding carboxylic acids is 3. The van der Waals surface area contributed by atoms with Gasteiger partial charge in [0.2, 0.25) is 0 Å². The van der Waals surface area contributed by atoms with E-state index in [0.717, 1.165) is 0 Å². The highest BCUT2D eigenvalue weighted by Crippen LogP contribution is 2.54. The summed E-state index contributed by atoms with van der Waals surface area (Å²) < 4.78 is 129. The van der Waals surface area contributed by atoms with Gasteiger partial charge in [-0.05, 0) is 25.2 Å². The van der Waals surface area contributed by atoms with Crippen LogP contribution in [0.5, 0.6) is 0 Å².